The zero-order valence-corrected chi connectivity index (χ0v) is 25.6. The average molecular weight is 607 g/mol. The summed E-state index contributed by atoms with van der Waals surface area (Å²) in [5.74, 6) is 1.99. The SMILES string of the molecule is C=CC[C@@]1(C(=O)NCc2cc(OC)cc(OC)c2)N=C(c2ccc(OCCCO)cc2)O[C@@H]1c1ccc(-c2ccccc2)cc1. The highest BCUT2D eigenvalue weighted by atomic mass is 16.5. The molecule has 1 amide bonds. The number of ether oxygens (including phenoxy) is 4. The third-order valence-electron chi connectivity index (χ3n) is 7.67. The van der Waals surface area contributed by atoms with Crippen molar-refractivity contribution in [3.63, 3.8) is 0 Å². The van der Waals surface area contributed by atoms with Gasteiger partial charge in [-0.15, -0.1) is 6.58 Å². The van der Waals surface area contributed by atoms with Crippen LogP contribution >= 0.6 is 0 Å². The van der Waals surface area contributed by atoms with Crippen molar-refractivity contribution in [1.29, 1.82) is 0 Å². The van der Waals surface area contributed by atoms with Gasteiger partial charge in [-0.25, -0.2) is 4.99 Å². The molecule has 4 aromatic rings. The summed E-state index contributed by atoms with van der Waals surface area (Å²) in [4.78, 5) is 19.2. The van der Waals surface area contributed by atoms with Gasteiger partial charge in [0.25, 0.3) is 5.91 Å². The van der Waals surface area contributed by atoms with Crippen molar-refractivity contribution in [2.45, 2.75) is 31.0 Å². The highest BCUT2D eigenvalue weighted by Gasteiger charge is 2.52. The molecule has 232 valence electrons. The fourth-order valence-electron chi connectivity index (χ4n) is 5.32. The minimum absolute atomic E-state index is 0.0647. The number of hydrogen-bond donors (Lipinski definition) is 2. The van der Waals surface area contributed by atoms with Crippen LogP contribution < -0.4 is 19.5 Å². The molecule has 0 aromatic heterocycles. The summed E-state index contributed by atoms with van der Waals surface area (Å²) in [6.07, 6.45) is 1.78. The Labute approximate surface area is 264 Å². The summed E-state index contributed by atoms with van der Waals surface area (Å²) in [5.41, 5.74) is 3.19. The Bertz CT molecular complexity index is 1600. The van der Waals surface area contributed by atoms with Gasteiger partial charge in [-0.3, -0.25) is 4.79 Å². The first-order valence-electron chi connectivity index (χ1n) is 14.9. The molecule has 0 spiro atoms. The normalized spacial score (nSPS) is 17.1. The lowest BCUT2D eigenvalue weighted by Gasteiger charge is -2.30. The first-order valence-corrected chi connectivity index (χ1v) is 14.9. The molecule has 45 heavy (non-hydrogen) atoms. The van der Waals surface area contributed by atoms with Crippen LogP contribution in [0.2, 0.25) is 0 Å². The molecular formula is C37H38N2O6. The van der Waals surface area contributed by atoms with Crippen LogP contribution in [0.5, 0.6) is 17.2 Å². The van der Waals surface area contributed by atoms with E-state index < -0.39 is 11.6 Å². The van der Waals surface area contributed by atoms with Gasteiger partial charge in [0.05, 0.1) is 20.8 Å². The maximum absolute atomic E-state index is 14.2. The van der Waals surface area contributed by atoms with Crippen LogP contribution in [0, 0.1) is 0 Å². The van der Waals surface area contributed by atoms with E-state index in [1.165, 1.54) is 0 Å². The van der Waals surface area contributed by atoms with Crippen LogP contribution in [0.1, 0.15) is 35.6 Å². The number of hydrogen-bond acceptors (Lipinski definition) is 7. The number of amides is 1. The number of carbonyl (C=O) groups excluding carboxylic acids is 1. The molecule has 1 aliphatic heterocycles. The van der Waals surface area contributed by atoms with E-state index in [1.807, 2.05) is 78.9 Å². The van der Waals surface area contributed by atoms with Crippen molar-refractivity contribution in [3.8, 4) is 28.4 Å². The van der Waals surface area contributed by atoms with Crippen LogP contribution in [-0.2, 0) is 16.1 Å². The second-order valence-corrected chi connectivity index (χ2v) is 10.7. The maximum atomic E-state index is 14.2. The Kier molecular flexibility index (Phi) is 10.2. The fourth-order valence-corrected chi connectivity index (χ4v) is 5.32. The Morgan fingerprint density at radius 2 is 1.56 bits per heavy atom. The number of nitrogens with one attached hydrogen (secondary N) is 1. The lowest BCUT2D eigenvalue weighted by Crippen LogP contribution is -2.47. The number of aliphatic hydroxyl groups excluding tert-OH is 1. The van der Waals surface area contributed by atoms with Gasteiger partial charge in [0, 0.05) is 37.6 Å². The van der Waals surface area contributed by atoms with Gasteiger partial charge in [-0.05, 0) is 58.7 Å². The van der Waals surface area contributed by atoms with Crippen molar-refractivity contribution in [1.82, 2.24) is 5.32 Å². The van der Waals surface area contributed by atoms with Gasteiger partial charge in [-0.1, -0.05) is 60.7 Å². The molecule has 0 saturated heterocycles. The summed E-state index contributed by atoms with van der Waals surface area (Å²) >= 11 is 0. The van der Waals surface area contributed by atoms with E-state index in [2.05, 4.69) is 24.0 Å². The molecule has 0 bridgehead atoms. The van der Waals surface area contributed by atoms with Gasteiger partial charge in [0.2, 0.25) is 5.90 Å². The van der Waals surface area contributed by atoms with Gasteiger partial charge in [0.1, 0.15) is 17.2 Å². The Morgan fingerprint density at radius 1 is 0.911 bits per heavy atom. The number of aliphatic hydroxyl groups is 1. The van der Waals surface area contributed by atoms with E-state index in [9.17, 15) is 4.79 Å². The zero-order valence-electron chi connectivity index (χ0n) is 25.6. The van der Waals surface area contributed by atoms with Crippen LogP contribution in [0.25, 0.3) is 11.1 Å². The molecule has 8 nitrogen and oxygen atoms in total. The number of benzene rings is 4. The standard InChI is InChI=1S/C37H38N2O6/c1-4-19-37(36(41)38-25-26-22-32(42-2)24-33(23-26)43-3)34(29-13-11-28(12-14-29)27-9-6-5-7-10-27)45-35(39-37)30-15-17-31(18-16-30)44-21-8-20-40/h4-7,9-18,22-24,34,40H,1,8,19-21,25H2,2-3H3,(H,38,41)/t34-,37-/m1/s1. The number of rotatable bonds is 14. The molecule has 0 saturated carbocycles. The van der Waals surface area contributed by atoms with E-state index in [0.717, 1.165) is 22.3 Å². The lowest BCUT2D eigenvalue weighted by molar-refractivity contribution is -0.129. The van der Waals surface area contributed by atoms with Crippen LogP contribution in [-0.4, -0.2) is 49.9 Å². The molecule has 8 heteroatoms. The maximum Gasteiger partial charge on any atom is 0.252 e. The Morgan fingerprint density at radius 3 is 2.18 bits per heavy atom. The van der Waals surface area contributed by atoms with E-state index in [1.54, 1.807) is 26.4 Å². The van der Waals surface area contributed by atoms with E-state index in [0.29, 0.717) is 41.7 Å². The first-order chi connectivity index (χ1) is 22.0. The number of nitrogens with zero attached hydrogens (tertiary/aromatic N) is 1. The van der Waals surface area contributed by atoms with Crippen LogP contribution in [0.4, 0.5) is 0 Å². The summed E-state index contributed by atoms with van der Waals surface area (Å²) in [6.45, 7) is 4.68. The predicted octanol–water partition coefficient (Wildman–Crippen LogP) is 6.28. The summed E-state index contributed by atoms with van der Waals surface area (Å²) in [7, 11) is 3.17. The molecule has 5 rings (SSSR count). The molecule has 2 atom stereocenters. The van der Waals surface area contributed by atoms with Crippen LogP contribution in [0.3, 0.4) is 0 Å². The quantitative estimate of drug-likeness (QED) is 0.130. The number of aliphatic imine (C=N–C) groups is 1. The van der Waals surface area contributed by atoms with Crippen molar-refractivity contribution in [2.24, 2.45) is 4.99 Å². The Balaban J connectivity index is 1.48. The fraction of sp³-hybridized carbons (Fsp3) is 0.243. The topological polar surface area (TPSA) is 98.6 Å². The largest absolute Gasteiger partial charge is 0.497 e. The van der Waals surface area contributed by atoms with E-state index in [4.69, 9.17) is 29.0 Å². The average Bonchev–Trinajstić information content (AvgIpc) is 3.48. The molecule has 0 aliphatic carbocycles. The van der Waals surface area contributed by atoms with Gasteiger partial charge in [0.15, 0.2) is 11.6 Å². The zero-order chi connectivity index (χ0) is 31.6. The van der Waals surface area contributed by atoms with Crippen molar-refractivity contribution in [3.05, 3.63) is 126 Å². The monoisotopic (exact) mass is 606 g/mol. The predicted molar refractivity (Wildman–Crippen MR) is 175 cm³/mol. The molecule has 2 N–H and O–H groups in total. The Hall–Kier alpha value is -5.08. The molecule has 0 radical (unpaired) electrons. The summed E-state index contributed by atoms with van der Waals surface area (Å²) in [6, 6.07) is 31.0. The number of carbonyl (C=O) groups is 1. The third kappa shape index (κ3) is 7.19. The molecule has 1 aliphatic rings. The van der Waals surface area contributed by atoms with Crippen molar-refractivity contribution < 1.29 is 28.8 Å². The van der Waals surface area contributed by atoms with Gasteiger partial charge >= 0.3 is 0 Å². The molecular weight excluding hydrogens is 568 g/mol. The lowest BCUT2D eigenvalue weighted by atomic mass is 9.84. The first kappa shape index (κ1) is 31.3. The smallest absolute Gasteiger partial charge is 0.252 e. The summed E-state index contributed by atoms with van der Waals surface area (Å²) in [5, 5.41) is 12.1. The summed E-state index contributed by atoms with van der Waals surface area (Å²) < 4.78 is 23.1. The van der Waals surface area contributed by atoms with Gasteiger partial charge in [-0.2, -0.15) is 0 Å². The van der Waals surface area contributed by atoms with Crippen molar-refractivity contribution in [2.75, 3.05) is 27.4 Å². The van der Waals surface area contributed by atoms with Crippen LogP contribution in [0.15, 0.2) is 115 Å². The highest BCUT2D eigenvalue weighted by Crippen LogP contribution is 2.43. The third-order valence-corrected chi connectivity index (χ3v) is 7.67. The minimum Gasteiger partial charge on any atom is -0.497 e. The molecule has 1 heterocycles. The second-order valence-electron chi connectivity index (χ2n) is 10.7. The van der Waals surface area contributed by atoms with Crippen molar-refractivity contribution >= 4 is 11.8 Å². The molecule has 0 unspecified atom stereocenters. The number of methoxy groups -OCH3 is 2. The molecule has 0 fully saturated rings. The minimum atomic E-state index is -1.31. The highest BCUT2D eigenvalue weighted by molar-refractivity contribution is 6.01. The second kappa shape index (κ2) is 14.6. The molecule has 4 aromatic carbocycles. The van der Waals surface area contributed by atoms with E-state index >= 15 is 0 Å². The van der Waals surface area contributed by atoms with E-state index in [-0.39, 0.29) is 25.5 Å². The van der Waals surface area contributed by atoms with Gasteiger partial charge < -0.3 is 29.4 Å².